The number of hydrogen-bond acceptors (Lipinski definition) is 8. The number of nitrogen functional groups attached to an aromatic ring is 1. The minimum Gasteiger partial charge on any atom is -0.491 e. The molecule has 33 heavy (non-hydrogen) atoms. The minimum absolute atomic E-state index is 0.107. The van der Waals surface area contributed by atoms with Gasteiger partial charge in [-0.25, -0.2) is 9.97 Å². The number of morpholine rings is 1. The average molecular weight is 448 g/mol. The number of pyridine rings is 1. The van der Waals surface area contributed by atoms with Gasteiger partial charge in [-0.05, 0) is 31.5 Å². The van der Waals surface area contributed by atoms with Crippen LogP contribution in [0.3, 0.4) is 0 Å². The second-order valence-electron chi connectivity index (χ2n) is 8.06. The van der Waals surface area contributed by atoms with Gasteiger partial charge in [0.05, 0.1) is 31.2 Å². The molecule has 8 nitrogen and oxygen atoms in total. The van der Waals surface area contributed by atoms with Crippen LogP contribution < -0.4 is 15.4 Å². The lowest BCUT2D eigenvalue weighted by Gasteiger charge is -2.30. The van der Waals surface area contributed by atoms with Gasteiger partial charge in [-0.3, -0.25) is 9.78 Å². The highest BCUT2D eigenvalue weighted by Gasteiger charge is 2.20. The van der Waals surface area contributed by atoms with Crippen molar-refractivity contribution >= 4 is 17.3 Å². The van der Waals surface area contributed by atoms with Gasteiger partial charge < -0.3 is 20.1 Å². The van der Waals surface area contributed by atoms with E-state index in [1.54, 1.807) is 18.6 Å². The summed E-state index contributed by atoms with van der Waals surface area (Å²) in [5.41, 5.74) is 9.42. The van der Waals surface area contributed by atoms with Crippen LogP contribution in [-0.4, -0.2) is 53.1 Å². The molecule has 8 heteroatoms. The Morgan fingerprint density at radius 1 is 1.24 bits per heavy atom. The van der Waals surface area contributed by atoms with E-state index < -0.39 is 0 Å². The van der Waals surface area contributed by atoms with Gasteiger partial charge in [0, 0.05) is 48.7 Å². The number of Topliss-reactive ketones (excluding diaryl/α,β-unsaturated/α-hetero) is 1. The fraction of sp³-hybridized carbons (Fsp3) is 0.360. The zero-order chi connectivity index (χ0) is 23.2. The molecule has 1 aliphatic heterocycles. The molecule has 0 radical (unpaired) electrons. The van der Waals surface area contributed by atoms with Crippen molar-refractivity contribution in [1.29, 1.82) is 0 Å². The Labute approximate surface area is 193 Å². The first-order valence-corrected chi connectivity index (χ1v) is 11.2. The first kappa shape index (κ1) is 22.7. The van der Waals surface area contributed by atoms with Gasteiger partial charge in [-0.2, -0.15) is 0 Å². The van der Waals surface area contributed by atoms with Gasteiger partial charge in [0.15, 0.2) is 11.6 Å². The summed E-state index contributed by atoms with van der Waals surface area (Å²) in [7, 11) is 0. The molecule has 3 aromatic rings. The maximum absolute atomic E-state index is 13.2. The number of nitrogens with zero attached hydrogens (tertiary/aromatic N) is 4. The molecule has 172 valence electrons. The molecule has 3 heterocycles. The third kappa shape index (κ3) is 5.46. The maximum atomic E-state index is 13.2. The third-order valence-corrected chi connectivity index (χ3v) is 5.69. The predicted molar refractivity (Wildman–Crippen MR) is 128 cm³/mol. The molecular formula is C25H29N5O3. The van der Waals surface area contributed by atoms with Crippen molar-refractivity contribution in [1.82, 2.24) is 15.0 Å². The number of aromatic nitrogens is 3. The van der Waals surface area contributed by atoms with E-state index in [9.17, 15) is 4.79 Å². The summed E-state index contributed by atoms with van der Waals surface area (Å²) in [4.78, 5) is 28.5. The van der Waals surface area contributed by atoms with Crippen LogP contribution in [0.2, 0.25) is 0 Å². The SMILES string of the molecule is CCC(C)Oc1cccc(-c2cnc(N)c(C(=O)Cc3cnccc3N3CCOCC3)n2)c1. The summed E-state index contributed by atoms with van der Waals surface area (Å²) < 4.78 is 11.4. The highest BCUT2D eigenvalue weighted by Crippen LogP contribution is 2.26. The summed E-state index contributed by atoms with van der Waals surface area (Å²) in [5, 5.41) is 0. The maximum Gasteiger partial charge on any atom is 0.189 e. The van der Waals surface area contributed by atoms with E-state index in [4.69, 9.17) is 15.2 Å². The summed E-state index contributed by atoms with van der Waals surface area (Å²) in [6, 6.07) is 9.55. The number of carbonyl (C=O) groups is 1. The fourth-order valence-electron chi connectivity index (χ4n) is 3.71. The molecule has 0 aliphatic carbocycles. The fourth-order valence-corrected chi connectivity index (χ4v) is 3.71. The zero-order valence-electron chi connectivity index (χ0n) is 19.0. The third-order valence-electron chi connectivity index (χ3n) is 5.69. The van der Waals surface area contributed by atoms with Crippen LogP contribution in [0, 0.1) is 0 Å². The largest absolute Gasteiger partial charge is 0.491 e. The lowest BCUT2D eigenvalue weighted by Crippen LogP contribution is -2.37. The van der Waals surface area contributed by atoms with Crippen molar-refractivity contribution in [3.8, 4) is 17.0 Å². The summed E-state index contributed by atoms with van der Waals surface area (Å²) in [6.07, 6.45) is 6.20. The van der Waals surface area contributed by atoms with Crippen LogP contribution in [-0.2, 0) is 11.2 Å². The molecule has 1 fully saturated rings. The molecule has 4 rings (SSSR count). The lowest BCUT2D eigenvalue weighted by atomic mass is 10.1. The van der Waals surface area contributed by atoms with Gasteiger partial charge in [-0.1, -0.05) is 19.1 Å². The molecule has 1 atom stereocenters. The van der Waals surface area contributed by atoms with E-state index in [1.165, 1.54) is 0 Å². The Hall–Kier alpha value is -3.52. The van der Waals surface area contributed by atoms with E-state index in [0.29, 0.717) is 18.9 Å². The van der Waals surface area contributed by atoms with E-state index in [0.717, 1.165) is 42.1 Å². The van der Waals surface area contributed by atoms with E-state index in [1.807, 2.05) is 37.3 Å². The van der Waals surface area contributed by atoms with Crippen molar-refractivity contribution in [3.63, 3.8) is 0 Å². The topological polar surface area (TPSA) is 103 Å². The van der Waals surface area contributed by atoms with Crippen LogP contribution in [0.15, 0.2) is 48.9 Å². The molecule has 0 bridgehead atoms. The number of hydrogen-bond donors (Lipinski definition) is 1. The van der Waals surface area contributed by atoms with E-state index >= 15 is 0 Å². The van der Waals surface area contributed by atoms with Crippen molar-refractivity contribution < 1.29 is 14.3 Å². The standard InChI is InChI=1S/C25H29N5O3/c1-3-17(2)33-20-6-4-5-18(13-20)21-16-28-25(26)24(29-21)23(31)14-19-15-27-8-7-22(19)30-9-11-32-12-10-30/h4-8,13,15-17H,3,9-12,14H2,1-2H3,(H2,26,28). The van der Waals surface area contributed by atoms with Gasteiger partial charge in [0.2, 0.25) is 0 Å². The van der Waals surface area contributed by atoms with Gasteiger partial charge in [0.25, 0.3) is 0 Å². The van der Waals surface area contributed by atoms with Crippen molar-refractivity contribution in [2.75, 3.05) is 36.9 Å². The second-order valence-corrected chi connectivity index (χ2v) is 8.06. The number of benzene rings is 1. The van der Waals surface area contributed by atoms with Crippen molar-refractivity contribution in [2.45, 2.75) is 32.8 Å². The van der Waals surface area contributed by atoms with Crippen LogP contribution in [0.1, 0.15) is 36.3 Å². The Morgan fingerprint density at radius 2 is 2.06 bits per heavy atom. The molecule has 0 saturated carbocycles. The summed E-state index contributed by atoms with van der Waals surface area (Å²) in [5.74, 6) is 0.669. The molecule has 2 aromatic heterocycles. The number of carbonyl (C=O) groups excluding carboxylic acids is 1. The molecule has 0 amide bonds. The quantitative estimate of drug-likeness (QED) is 0.523. The smallest absolute Gasteiger partial charge is 0.189 e. The highest BCUT2D eigenvalue weighted by atomic mass is 16.5. The van der Waals surface area contributed by atoms with E-state index in [2.05, 4.69) is 26.8 Å². The molecule has 1 aliphatic rings. The van der Waals surface area contributed by atoms with Crippen LogP contribution >= 0.6 is 0 Å². The lowest BCUT2D eigenvalue weighted by molar-refractivity contribution is 0.0988. The molecule has 2 N–H and O–H groups in total. The molecule has 1 aromatic carbocycles. The van der Waals surface area contributed by atoms with Gasteiger partial charge >= 0.3 is 0 Å². The number of ketones is 1. The minimum atomic E-state index is -0.198. The normalized spacial score (nSPS) is 14.7. The zero-order valence-corrected chi connectivity index (χ0v) is 19.0. The highest BCUT2D eigenvalue weighted by molar-refractivity contribution is 6.00. The van der Waals surface area contributed by atoms with Crippen LogP contribution in [0.4, 0.5) is 11.5 Å². The monoisotopic (exact) mass is 447 g/mol. The van der Waals surface area contributed by atoms with Crippen molar-refractivity contribution in [2.24, 2.45) is 0 Å². The molecule has 1 unspecified atom stereocenters. The molecule has 0 spiro atoms. The van der Waals surface area contributed by atoms with Crippen LogP contribution in [0.25, 0.3) is 11.3 Å². The van der Waals surface area contributed by atoms with Gasteiger partial charge in [0.1, 0.15) is 11.4 Å². The van der Waals surface area contributed by atoms with Crippen LogP contribution in [0.5, 0.6) is 5.75 Å². The summed E-state index contributed by atoms with van der Waals surface area (Å²) >= 11 is 0. The number of rotatable bonds is 8. The van der Waals surface area contributed by atoms with E-state index in [-0.39, 0.29) is 29.8 Å². The average Bonchev–Trinajstić information content (AvgIpc) is 2.85. The number of ether oxygens (including phenoxy) is 2. The predicted octanol–water partition coefficient (Wildman–Crippen LogP) is 3.56. The number of nitrogens with two attached hydrogens (primary N) is 1. The Morgan fingerprint density at radius 3 is 2.85 bits per heavy atom. The molecule has 1 saturated heterocycles. The molecular weight excluding hydrogens is 418 g/mol. The summed E-state index contributed by atoms with van der Waals surface area (Å²) in [6.45, 7) is 6.97. The Bertz CT molecular complexity index is 1110. The first-order valence-electron chi connectivity index (χ1n) is 11.2. The van der Waals surface area contributed by atoms with Gasteiger partial charge in [-0.15, -0.1) is 0 Å². The Kier molecular flexibility index (Phi) is 7.14. The first-order chi connectivity index (χ1) is 16.0. The Balaban J connectivity index is 1.58. The van der Waals surface area contributed by atoms with Crippen molar-refractivity contribution in [3.05, 3.63) is 60.2 Å². The number of anilines is 2. The second kappa shape index (κ2) is 10.4.